The Morgan fingerprint density at radius 1 is 0.900 bits per heavy atom. The van der Waals surface area contributed by atoms with Crippen molar-refractivity contribution in [3.05, 3.63) is 89.2 Å². The topological polar surface area (TPSA) is 23.8 Å². The van der Waals surface area contributed by atoms with E-state index >= 15 is 0 Å². The summed E-state index contributed by atoms with van der Waals surface area (Å²) in [7, 11) is 0.750. The molecular weight excluding hydrogens is 414 g/mol. The molecular formula is C27H40NSiTi. The summed E-state index contributed by atoms with van der Waals surface area (Å²) in [6.45, 7) is 17.0. The van der Waals surface area contributed by atoms with Gasteiger partial charge in [0.2, 0.25) is 0 Å². The van der Waals surface area contributed by atoms with Crippen molar-refractivity contribution in [2.75, 3.05) is 0 Å². The average molecular weight is 455 g/mol. The first-order valence-electron chi connectivity index (χ1n) is 10.6. The monoisotopic (exact) mass is 454 g/mol. The Morgan fingerprint density at radius 2 is 1.23 bits per heavy atom. The van der Waals surface area contributed by atoms with E-state index in [4.69, 9.17) is 5.73 Å². The SMILES string of the molecule is CC1=[C-]C(C)C(C)=C1C.CCC(C)[NH-].C[SiH]C.[Ti+2].c1ccc(-c2ccccc2)cc1. The van der Waals surface area contributed by atoms with Crippen LogP contribution in [0.15, 0.2) is 77.4 Å². The Kier molecular flexibility index (Phi) is 19.2. The quantitative estimate of drug-likeness (QED) is 0.321. The average Bonchev–Trinajstić information content (AvgIpc) is 2.96. The fourth-order valence-corrected chi connectivity index (χ4v) is 2.42. The fourth-order valence-electron chi connectivity index (χ4n) is 2.42. The summed E-state index contributed by atoms with van der Waals surface area (Å²) in [6, 6.07) is 20.9. The van der Waals surface area contributed by atoms with Crippen molar-refractivity contribution in [3.8, 4) is 11.1 Å². The molecule has 0 fully saturated rings. The van der Waals surface area contributed by atoms with Crippen molar-refractivity contribution in [1.29, 1.82) is 0 Å². The maximum Gasteiger partial charge on any atom is 2.00 e. The van der Waals surface area contributed by atoms with E-state index in [0.29, 0.717) is 5.92 Å². The van der Waals surface area contributed by atoms with Gasteiger partial charge in [0.1, 0.15) is 0 Å². The summed E-state index contributed by atoms with van der Waals surface area (Å²) < 4.78 is 0. The third kappa shape index (κ3) is 13.2. The Bertz CT molecular complexity index is 684. The minimum absolute atomic E-state index is 0. The van der Waals surface area contributed by atoms with Gasteiger partial charge >= 0.3 is 21.7 Å². The first-order valence-corrected chi connectivity index (χ1v) is 12.9. The van der Waals surface area contributed by atoms with Crippen LogP contribution in [0.3, 0.4) is 0 Å². The Balaban J connectivity index is 0. The van der Waals surface area contributed by atoms with Crippen LogP contribution < -0.4 is 0 Å². The van der Waals surface area contributed by atoms with Crippen LogP contribution in [0, 0.1) is 12.0 Å². The van der Waals surface area contributed by atoms with Gasteiger partial charge in [-0.2, -0.15) is 11.1 Å². The zero-order valence-electron chi connectivity index (χ0n) is 20.2. The van der Waals surface area contributed by atoms with Crippen LogP contribution in [0.2, 0.25) is 13.1 Å². The summed E-state index contributed by atoms with van der Waals surface area (Å²) >= 11 is 0. The first-order chi connectivity index (χ1) is 13.8. The van der Waals surface area contributed by atoms with Crippen LogP contribution in [0.25, 0.3) is 16.9 Å². The van der Waals surface area contributed by atoms with E-state index in [1.165, 1.54) is 27.8 Å². The van der Waals surface area contributed by atoms with Gasteiger partial charge in [0, 0.05) is 9.52 Å². The van der Waals surface area contributed by atoms with Gasteiger partial charge in [-0.1, -0.05) is 121 Å². The molecule has 1 nitrogen and oxygen atoms in total. The van der Waals surface area contributed by atoms with Crippen molar-refractivity contribution >= 4 is 9.52 Å². The molecule has 0 saturated carbocycles. The zero-order chi connectivity index (χ0) is 22.2. The minimum Gasteiger partial charge on any atom is -0.675 e. The molecule has 2 aromatic carbocycles. The van der Waals surface area contributed by atoms with Crippen LogP contribution in [-0.2, 0) is 21.7 Å². The predicted octanol–water partition coefficient (Wildman–Crippen LogP) is 8.43. The third-order valence-electron chi connectivity index (χ3n) is 4.73. The molecule has 1 radical (unpaired) electrons. The number of hydrogen-bond donors (Lipinski definition) is 0. The molecule has 0 aromatic heterocycles. The predicted molar refractivity (Wildman–Crippen MR) is 135 cm³/mol. The van der Waals surface area contributed by atoms with Crippen LogP contribution in [-0.4, -0.2) is 15.6 Å². The fraction of sp³-hybridized carbons (Fsp3) is 0.407. The van der Waals surface area contributed by atoms with Gasteiger partial charge in [-0.05, 0) is 11.1 Å². The Labute approximate surface area is 204 Å². The molecule has 3 heteroatoms. The maximum atomic E-state index is 6.83. The van der Waals surface area contributed by atoms with Crippen LogP contribution in [0.4, 0.5) is 0 Å². The second-order valence-corrected chi connectivity index (χ2v) is 8.57. The van der Waals surface area contributed by atoms with E-state index in [9.17, 15) is 0 Å². The van der Waals surface area contributed by atoms with E-state index in [1.807, 2.05) is 26.0 Å². The minimum atomic E-state index is 0. The molecule has 0 heterocycles. The van der Waals surface area contributed by atoms with E-state index < -0.39 is 0 Å². The molecule has 1 N–H and O–H groups in total. The number of rotatable bonds is 2. The van der Waals surface area contributed by atoms with Crippen LogP contribution >= 0.6 is 0 Å². The third-order valence-corrected chi connectivity index (χ3v) is 4.73. The standard InChI is InChI=1S/C12H10.C9H13.C4H10N.C2H7Si.Ti/c1-3-7-11(8-4-1)12-9-5-2-6-10-12;1-6-5-7(2)9(4)8(6)3;1-3-4(2)5;1-3-2;/h1-10H;6H,1-4H3;4-5H,3H2,1-2H3;3H,1-2H3;/q;2*-1;;+2. The van der Waals surface area contributed by atoms with Crippen molar-refractivity contribution in [3.63, 3.8) is 0 Å². The maximum absolute atomic E-state index is 6.83. The molecule has 2 atom stereocenters. The van der Waals surface area contributed by atoms with Gasteiger partial charge in [-0.3, -0.25) is 6.08 Å². The normalized spacial score (nSPS) is 15.1. The second-order valence-electron chi connectivity index (χ2n) is 7.42. The molecule has 0 aliphatic heterocycles. The molecule has 0 bridgehead atoms. The van der Waals surface area contributed by atoms with Crippen molar-refractivity contribution < 1.29 is 21.7 Å². The summed E-state index contributed by atoms with van der Waals surface area (Å²) in [4.78, 5) is 0. The first kappa shape index (κ1) is 31.0. The summed E-state index contributed by atoms with van der Waals surface area (Å²) in [5, 5.41) is 0. The number of nitrogens with one attached hydrogen (secondary N) is 1. The van der Waals surface area contributed by atoms with Gasteiger partial charge in [0.15, 0.2) is 0 Å². The molecule has 1 aliphatic carbocycles. The summed E-state index contributed by atoms with van der Waals surface area (Å²) in [5.74, 6) is 0.560. The molecule has 2 aromatic rings. The van der Waals surface area contributed by atoms with Crippen LogP contribution in [0.5, 0.6) is 0 Å². The second kappa shape index (κ2) is 18.6. The van der Waals surface area contributed by atoms with E-state index in [0.717, 1.165) is 15.9 Å². The Morgan fingerprint density at radius 3 is 1.40 bits per heavy atom. The zero-order valence-corrected chi connectivity index (χ0v) is 22.9. The molecule has 3 rings (SSSR count). The van der Waals surface area contributed by atoms with Gasteiger partial charge in [0.05, 0.1) is 0 Å². The number of allylic oxidation sites excluding steroid dienone is 4. The van der Waals surface area contributed by atoms with Gasteiger partial charge in [-0.15, -0.1) is 13.0 Å². The number of benzene rings is 2. The molecule has 0 spiro atoms. The van der Waals surface area contributed by atoms with Crippen molar-refractivity contribution in [2.45, 2.75) is 67.1 Å². The van der Waals surface area contributed by atoms with Gasteiger partial charge < -0.3 is 5.73 Å². The molecule has 30 heavy (non-hydrogen) atoms. The van der Waals surface area contributed by atoms with E-state index in [-0.39, 0.29) is 27.8 Å². The van der Waals surface area contributed by atoms with Gasteiger partial charge in [-0.25, -0.2) is 5.57 Å². The van der Waals surface area contributed by atoms with E-state index in [1.54, 1.807) is 0 Å². The smallest absolute Gasteiger partial charge is 0.675 e. The van der Waals surface area contributed by atoms with Crippen molar-refractivity contribution in [1.82, 2.24) is 0 Å². The number of hydrogen-bond acceptors (Lipinski definition) is 0. The molecule has 0 saturated heterocycles. The molecule has 0 amide bonds. The van der Waals surface area contributed by atoms with Gasteiger partial charge in [0.25, 0.3) is 0 Å². The molecule has 161 valence electrons. The van der Waals surface area contributed by atoms with E-state index in [2.05, 4.69) is 95.4 Å². The Hall–Kier alpha value is -1.19. The van der Waals surface area contributed by atoms with Crippen LogP contribution in [0.1, 0.15) is 48.0 Å². The summed E-state index contributed by atoms with van der Waals surface area (Å²) in [5.41, 5.74) is 13.6. The molecule has 2 unspecified atom stereocenters. The molecule has 1 aliphatic rings. The largest absolute Gasteiger partial charge is 2.00 e. The van der Waals surface area contributed by atoms with Crippen molar-refractivity contribution in [2.24, 2.45) is 5.92 Å². The summed E-state index contributed by atoms with van der Waals surface area (Å²) in [6.07, 6.45) is 4.33.